The van der Waals surface area contributed by atoms with E-state index < -0.39 is 24.0 Å². The Morgan fingerprint density at radius 2 is 1.75 bits per heavy atom. The zero-order valence-electron chi connectivity index (χ0n) is 16.4. The van der Waals surface area contributed by atoms with Crippen LogP contribution in [0, 0.1) is 0 Å². The maximum Gasteiger partial charge on any atom is 0.321 e. The van der Waals surface area contributed by atoms with Crippen LogP contribution in [0.3, 0.4) is 0 Å². The lowest BCUT2D eigenvalue weighted by Gasteiger charge is -2.15. The van der Waals surface area contributed by atoms with Crippen LogP contribution in [0.1, 0.15) is 45.4 Å². The van der Waals surface area contributed by atoms with Crippen molar-refractivity contribution in [1.29, 1.82) is 0 Å². The third-order valence-electron chi connectivity index (χ3n) is 4.46. The molecule has 0 spiro atoms. The number of imide groups is 1. The van der Waals surface area contributed by atoms with Gasteiger partial charge in [-0.25, -0.2) is 4.79 Å². The number of hydrogen-bond donors (Lipinski definition) is 2. The SMILES string of the molecule is COc1ccc(OCCCC(=O)O[C@@H](C)C(=O)NC(=O)NC2CCCC2)cc1. The standard InChI is InChI=1S/C20H28N2O6/c1-14(19(24)22-20(25)21-15-6-3-4-7-15)28-18(23)8-5-13-27-17-11-9-16(26-2)10-12-17/h9-12,14-15H,3-8,13H2,1-2H3,(H2,21,22,24,25)/t14-/m0/s1. The lowest BCUT2D eigenvalue weighted by atomic mass is 10.2. The largest absolute Gasteiger partial charge is 0.497 e. The summed E-state index contributed by atoms with van der Waals surface area (Å²) in [5, 5.41) is 4.96. The average molecular weight is 392 g/mol. The van der Waals surface area contributed by atoms with Crippen molar-refractivity contribution >= 4 is 17.9 Å². The molecule has 1 fully saturated rings. The van der Waals surface area contributed by atoms with Crippen molar-refractivity contribution in [2.45, 2.75) is 57.6 Å². The van der Waals surface area contributed by atoms with Gasteiger partial charge in [-0.2, -0.15) is 0 Å². The molecule has 0 aliphatic heterocycles. The van der Waals surface area contributed by atoms with Crippen LogP contribution in [-0.2, 0) is 14.3 Å². The van der Waals surface area contributed by atoms with Crippen LogP contribution in [0.25, 0.3) is 0 Å². The number of urea groups is 1. The Bertz CT molecular complexity index is 655. The number of benzene rings is 1. The summed E-state index contributed by atoms with van der Waals surface area (Å²) in [6, 6.07) is 6.68. The van der Waals surface area contributed by atoms with Crippen molar-refractivity contribution < 1.29 is 28.6 Å². The summed E-state index contributed by atoms with van der Waals surface area (Å²) < 4.78 is 15.7. The second kappa shape index (κ2) is 11.2. The lowest BCUT2D eigenvalue weighted by Crippen LogP contribution is -2.47. The molecule has 0 unspecified atom stereocenters. The predicted molar refractivity (Wildman–Crippen MR) is 102 cm³/mol. The number of nitrogens with one attached hydrogen (secondary N) is 2. The molecular formula is C20H28N2O6. The number of methoxy groups -OCH3 is 1. The Balaban J connectivity index is 1.60. The molecule has 1 aromatic carbocycles. The molecule has 1 aliphatic carbocycles. The minimum Gasteiger partial charge on any atom is -0.497 e. The van der Waals surface area contributed by atoms with E-state index >= 15 is 0 Å². The van der Waals surface area contributed by atoms with Gasteiger partial charge in [0.2, 0.25) is 0 Å². The predicted octanol–water partition coefficient (Wildman–Crippen LogP) is 2.55. The van der Waals surface area contributed by atoms with Gasteiger partial charge in [0.25, 0.3) is 5.91 Å². The molecule has 0 bridgehead atoms. The number of esters is 1. The Labute approximate surface area is 164 Å². The average Bonchev–Trinajstić information content (AvgIpc) is 3.18. The molecule has 0 aromatic heterocycles. The highest BCUT2D eigenvalue weighted by molar-refractivity contribution is 5.97. The molecule has 8 nitrogen and oxygen atoms in total. The van der Waals surface area contributed by atoms with E-state index in [1.165, 1.54) is 6.92 Å². The van der Waals surface area contributed by atoms with Gasteiger partial charge in [-0.1, -0.05) is 12.8 Å². The minimum absolute atomic E-state index is 0.108. The van der Waals surface area contributed by atoms with Crippen molar-refractivity contribution in [3.05, 3.63) is 24.3 Å². The fourth-order valence-electron chi connectivity index (χ4n) is 2.89. The normalized spacial score (nSPS) is 14.8. The van der Waals surface area contributed by atoms with Crippen LogP contribution in [0.15, 0.2) is 24.3 Å². The first-order valence-electron chi connectivity index (χ1n) is 9.55. The third-order valence-corrected chi connectivity index (χ3v) is 4.46. The fraction of sp³-hybridized carbons (Fsp3) is 0.550. The van der Waals surface area contributed by atoms with Crippen LogP contribution in [0.4, 0.5) is 4.79 Å². The van der Waals surface area contributed by atoms with E-state index in [9.17, 15) is 14.4 Å². The molecule has 0 saturated heterocycles. The van der Waals surface area contributed by atoms with Gasteiger partial charge in [0.05, 0.1) is 13.7 Å². The molecule has 28 heavy (non-hydrogen) atoms. The zero-order valence-corrected chi connectivity index (χ0v) is 16.4. The molecule has 1 saturated carbocycles. The first-order valence-corrected chi connectivity index (χ1v) is 9.55. The summed E-state index contributed by atoms with van der Waals surface area (Å²) in [5.41, 5.74) is 0. The van der Waals surface area contributed by atoms with Gasteiger partial charge in [-0.05, 0) is 50.5 Å². The highest BCUT2D eigenvalue weighted by Crippen LogP contribution is 2.18. The smallest absolute Gasteiger partial charge is 0.321 e. The number of carbonyl (C=O) groups is 3. The van der Waals surface area contributed by atoms with E-state index in [2.05, 4.69) is 10.6 Å². The Kier molecular flexibility index (Phi) is 8.58. The zero-order chi connectivity index (χ0) is 20.4. The van der Waals surface area contributed by atoms with E-state index in [0.29, 0.717) is 18.8 Å². The van der Waals surface area contributed by atoms with Crippen LogP contribution in [0.5, 0.6) is 11.5 Å². The lowest BCUT2D eigenvalue weighted by molar-refractivity contribution is -0.154. The maximum absolute atomic E-state index is 11.9. The molecular weight excluding hydrogens is 364 g/mol. The molecule has 1 atom stereocenters. The Hall–Kier alpha value is -2.77. The maximum atomic E-state index is 11.9. The number of amides is 3. The molecule has 3 amide bonds. The van der Waals surface area contributed by atoms with Crippen LogP contribution < -0.4 is 20.1 Å². The summed E-state index contributed by atoms with van der Waals surface area (Å²) >= 11 is 0. The minimum atomic E-state index is -1.04. The first kappa shape index (κ1) is 21.5. The van der Waals surface area contributed by atoms with Gasteiger partial charge >= 0.3 is 12.0 Å². The van der Waals surface area contributed by atoms with Gasteiger partial charge in [-0.15, -0.1) is 0 Å². The summed E-state index contributed by atoms with van der Waals surface area (Å²) in [7, 11) is 1.59. The van der Waals surface area contributed by atoms with Gasteiger partial charge in [0, 0.05) is 12.5 Å². The van der Waals surface area contributed by atoms with Crippen LogP contribution >= 0.6 is 0 Å². The van der Waals surface area contributed by atoms with Gasteiger partial charge in [0.1, 0.15) is 11.5 Å². The van der Waals surface area contributed by atoms with E-state index in [-0.39, 0.29) is 12.5 Å². The van der Waals surface area contributed by atoms with Crippen molar-refractivity contribution in [3.63, 3.8) is 0 Å². The molecule has 154 valence electrons. The van der Waals surface area contributed by atoms with Crippen molar-refractivity contribution in [2.24, 2.45) is 0 Å². The molecule has 1 aromatic rings. The second-order valence-corrected chi connectivity index (χ2v) is 6.70. The summed E-state index contributed by atoms with van der Waals surface area (Å²) in [5.74, 6) is 0.255. The molecule has 0 heterocycles. The van der Waals surface area contributed by atoms with Gasteiger partial charge in [-0.3, -0.25) is 14.9 Å². The summed E-state index contributed by atoms with van der Waals surface area (Å²) in [4.78, 5) is 35.6. The Morgan fingerprint density at radius 3 is 2.39 bits per heavy atom. The second-order valence-electron chi connectivity index (χ2n) is 6.70. The van der Waals surface area contributed by atoms with Gasteiger partial charge < -0.3 is 19.5 Å². The number of hydrogen-bond acceptors (Lipinski definition) is 6. The monoisotopic (exact) mass is 392 g/mol. The highest BCUT2D eigenvalue weighted by Gasteiger charge is 2.22. The van der Waals surface area contributed by atoms with E-state index in [1.807, 2.05) is 0 Å². The molecule has 8 heteroatoms. The van der Waals surface area contributed by atoms with Gasteiger partial charge in [0.15, 0.2) is 6.10 Å². The van der Waals surface area contributed by atoms with E-state index in [0.717, 1.165) is 31.4 Å². The number of rotatable bonds is 9. The van der Waals surface area contributed by atoms with E-state index in [1.54, 1.807) is 31.4 Å². The third kappa shape index (κ3) is 7.46. The van der Waals surface area contributed by atoms with Crippen LogP contribution in [0.2, 0.25) is 0 Å². The van der Waals surface area contributed by atoms with Crippen LogP contribution in [-0.4, -0.2) is 43.8 Å². The Morgan fingerprint density at radius 1 is 1.11 bits per heavy atom. The van der Waals surface area contributed by atoms with E-state index in [4.69, 9.17) is 14.2 Å². The van der Waals surface area contributed by atoms with Crippen molar-refractivity contribution in [3.8, 4) is 11.5 Å². The summed E-state index contributed by atoms with van der Waals surface area (Å²) in [6.45, 7) is 1.77. The molecule has 1 aliphatic rings. The quantitative estimate of drug-likeness (QED) is 0.495. The number of carbonyl (C=O) groups excluding carboxylic acids is 3. The van der Waals surface area contributed by atoms with Crippen molar-refractivity contribution in [1.82, 2.24) is 10.6 Å². The van der Waals surface area contributed by atoms with Crippen molar-refractivity contribution in [2.75, 3.05) is 13.7 Å². The molecule has 2 rings (SSSR count). The fourth-order valence-corrected chi connectivity index (χ4v) is 2.89. The number of ether oxygens (including phenoxy) is 3. The first-order chi connectivity index (χ1) is 13.5. The topological polar surface area (TPSA) is 103 Å². The highest BCUT2D eigenvalue weighted by atomic mass is 16.5. The summed E-state index contributed by atoms with van der Waals surface area (Å²) in [6.07, 6.45) is 3.52. The molecule has 0 radical (unpaired) electrons. The molecule has 2 N–H and O–H groups in total.